The van der Waals surface area contributed by atoms with Gasteiger partial charge in [0.05, 0.1) is 27.8 Å². The van der Waals surface area contributed by atoms with Crippen molar-refractivity contribution < 1.29 is 19.5 Å². The molecule has 0 spiro atoms. The van der Waals surface area contributed by atoms with Crippen LogP contribution in [0, 0.1) is 56.7 Å². The molecule has 0 aliphatic carbocycles. The fourth-order valence-electron chi connectivity index (χ4n) is 1.29. The summed E-state index contributed by atoms with van der Waals surface area (Å²) in [6.07, 6.45) is 0. The minimum absolute atomic E-state index is 0. The first kappa shape index (κ1) is 15.6. The van der Waals surface area contributed by atoms with Gasteiger partial charge in [-0.15, -0.1) is 12.6 Å². The summed E-state index contributed by atoms with van der Waals surface area (Å²) in [6, 6.07) is 8.43. The minimum atomic E-state index is -0.263. The van der Waals surface area contributed by atoms with Gasteiger partial charge < -0.3 is 0 Å². The number of benzene rings is 1. The van der Waals surface area contributed by atoms with Crippen molar-refractivity contribution in [2.45, 2.75) is 4.90 Å². The van der Waals surface area contributed by atoms with Gasteiger partial charge in [-0.2, -0.15) is 26.3 Å². The molecular formula is C11HN5SZn. The standard InChI is InChI=1S/C11HN5S.Zn/c12-1-6-7(2-13)9(4-15)11(17)10(5-16)8(6)3-14;/h17H;. The number of nitrogens with zero attached hydrogens (tertiary/aromatic N) is 5. The monoisotopic (exact) mass is 299 g/mol. The molecule has 0 unspecified atom stereocenters. The zero-order valence-electron chi connectivity index (χ0n) is 8.89. The Kier molecular flexibility index (Phi) is 5.56. The zero-order chi connectivity index (χ0) is 13.0. The van der Waals surface area contributed by atoms with E-state index in [9.17, 15) is 0 Å². The number of hydrogen-bond acceptors (Lipinski definition) is 6. The topological polar surface area (TPSA) is 119 Å². The molecular weight excluding hydrogens is 300 g/mol. The summed E-state index contributed by atoms with van der Waals surface area (Å²) in [4.78, 5) is -0.0536. The third-order valence-corrected chi connectivity index (χ3v) is 2.48. The van der Waals surface area contributed by atoms with Gasteiger partial charge in [0.15, 0.2) is 0 Å². The van der Waals surface area contributed by atoms with Crippen molar-refractivity contribution >= 4 is 12.6 Å². The quantitative estimate of drug-likeness (QED) is 0.572. The van der Waals surface area contributed by atoms with Crippen molar-refractivity contribution in [1.29, 1.82) is 26.3 Å². The van der Waals surface area contributed by atoms with Crippen LogP contribution >= 0.6 is 12.6 Å². The van der Waals surface area contributed by atoms with Crippen LogP contribution in [-0.4, -0.2) is 0 Å². The van der Waals surface area contributed by atoms with Gasteiger partial charge in [-0.3, -0.25) is 0 Å². The Morgan fingerprint density at radius 1 is 0.556 bits per heavy atom. The molecule has 0 bridgehead atoms. The third-order valence-electron chi connectivity index (χ3n) is 2.03. The summed E-state index contributed by atoms with van der Waals surface area (Å²) in [6.45, 7) is 0. The summed E-state index contributed by atoms with van der Waals surface area (Å²) >= 11 is 3.95. The normalized spacial score (nSPS) is 7.56. The van der Waals surface area contributed by atoms with Crippen molar-refractivity contribution in [1.82, 2.24) is 0 Å². The van der Waals surface area contributed by atoms with Crippen LogP contribution in [0.4, 0.5) is 0 Å². The fourth-order valence-corrected chi connectivity index (χ4v) is 1.61. The summed E-state index contributed by atoms with van der Waals surface area (Å²) in [5.41, 5.74) is -1.04. The Labute approximate surface area is 121 Å². The van der Waals surface area contributed by atoms with E-state index in [1.807, 2.05) is 0 Å². The molecule has 0 heterocycles. The van der Waals surface area contributed by atoms with E-state index in [0.717, 1.165) is 0 Å². The molecule has 0 aliphatic rings. The maximum atomic E-state index is 8.90. The molecule has 0 radical (unpaired) electrons. The van der Waals surface area contributed by atoms with Gasteiger partial charge in [-0.1, -0.05) is 0 Å². The van der Waals surface area contributed by atoms with E-state index in [0.29, 0.717) is 0 Å². The van der Waals surface area contributed by atoms with Gasteiger partial charge in [0.1, 0.15) is 30.3 Å². The molecule has 0 amide bonds. The Bertz CT molecular complexity index is 666. The van der Waals surface area contributed by atoms with E-state index < -0.39 is 0 Å². The smallest absolute Gasteiger partial charge is 0.102 e. The van der Waals surface area contributed by atoms with Crippen molar-refractivity contribution in [3.8, 4) is 30.3 Å². The summed E-state index contributed by atoms with van der Waals surface area (Å²) in [7, 11) is 0. The molecule has 1 rings (SSSR count). The van der Waals surface area contributed by atoms with E-state index in [2.05, 4.69) is 12.6 Å². The van der Waals surface area contributed by atoms with E-state index in [1.165, 1.54) is 0 Å². The van der Waals surface area contributed by atoms with E-state index in [4.69, 9.17) is 26.3 Å². The summed E-state index contributed by atoms with van der Waals surface area (Å²) in [5, 5.41) is 44.4. The first-order valence-electron chi connectivity index (χ1n) is 4.09. The molecule has 1 aromatic rings. The van der Waals surface area contributed by atoms with Crippen LogP contribution in [-0.2, 0) is 19.5 Å². The molecule has 0 saturated heterocycles. The Morgan fingerprint density at radius 3 is 1.00 bits per heavy atom. The largest absolute Gasteiger partial charge is 0.192 e. The summed E-state index contributed by atoms with van der Waals surface area (Å²) < 4.78 is 0. The second-order valence-electron chi connectivity index (χ2n) is 2.78. The number of thiol groups is 1. The van der Waals surface area contributed by atoms with Gasteiger partial charge >= 0.3 is 0 Å². The fraction of sp³-hybridized carbons (Fsp3) is 0. The third kappa shape index (κ3) is 2.18. The molecule has 18 heavy (non-hydrogen) atoms. The van der Waals surface area contributed by atoms with Crippen molar-refractivity contribution in [2.75, 3.05) is 0 Å². The van der Waals surface area contributed by atoms with Crippen molar-refractivity contribution in [3.05, 3.63) is 27.8 Å². The molecule has 1 aromatic carbocycles. The van der Waals surface area contributed by atoms with Crippen LogP contribution in [0.3, 0.4) is 0 Å². The summed E-state index contributed by atoms with van der Waals surface area (Å²) in [5.74, 6) is 0. The van der Waals surface area contributed by atoms with Gasteiger partial charge in [0.25, 0.3) is 0 Å². The predicted octanol–water partition coefficient (Wildman–Crippen LogP) is 1.33. The van der Waals surface area contributed by atoms with Crippen LogP contribution in [0.5, 0.6) is 0 Å². The maximum absolute atomic E-state index is 8.90. The zero-order valence-corrected chi connectivity index (χ0v) is 12.8. The molecule has 0 fully saturated rings. The van der Waals surface area contributed by atoms with Crippen molar-refractivity contribution in [2.24, 2.45) is 0 Å². The number of nitriles is 5. The van der Waals surface area contributed by atoms with Crippen LogP contribution in [0.2, 0.25) is 0 Å². The van der Waals surface area contributed by atoms with Crippen LogP contribution < -0.4 is 0 Å². The Morgan fingerprint density at radius 2 is 0.778 bits per heavy atom. The maximum Gasteiger partial charge on any atom is 0.102 e. The molecule has 78 valence electrons. The van der Waals surface area contributed by atoms with Crippen LogP contribution in [0.25, 0.3) is 0 Å². The van der Waals surface area contributed by atoms with Crippen LogP contribution in [0.15, 0.2) is 4.90 Å². The molecule has 0 saturated carbocycles. The minimum Gasteiger partial charge on any atom is -0.192 e. The average Bonchev–Trinajstić information content (AvgIpc) is 2.36. The van der Waals surface area contributed by atoms with Gasteiger partial charge in [-0.25, -0.2) is 0 Å². The molecule has 7 heteroatoms. The van der Waals surface area contributed by atoms with Gasteiger partial charge in [0.2, 0.25) is 0 Å². The van der Waals surface area contributed by atoms with E-state index >= 15 is 0 Å². The molecule has 5 nitrogen and oxygen atoms in total. The average molecular weight is 301 g/mol. The van der Waals surface area contributed by atoms with E-state index in [1.54, 1.807) is 30.3 Å². The Balaban J connectivity index is 0.00000289. The van der Waals surface area contributed by atoms with Crippen LogP contribution in [0.1, 0.15) is 27.8 Å². The molecule has 0 aromatic heterocycles. The van der Waals surface area contributed by atoms with Gasteiger partial charge in [-0.05, 0) is 0 Å². The SMILES string of the molecule is N#Cc1c(S)c(C#N)c(C#N)c(C#N)c1C#N.[Zn]. The second-order valence-corrected chi connectivity index (χ2v) is 3.23. The first-order valence-corrected chi connectivity index (χ1v) is 4.54. The Hall–Kier alpha value is -2.36. The first-order chi connectivity index (χ1) is 8.15. The van der Waals surface area contributed by atoms with Crippen molar-refractivity contribution in [3.63, 3.8) is 0 Å². The second kappa shape index (κ2) is 6.40. The molecule has 0 aliphatic heterocycles. The molecule has 0 N–H and O–H groups in total. The number of hydrogen-bond donors (Lipinski definition) is 1. The number of rotatable bonds is 0. The van der Waals surface area contributed by atoms with Gasteiger partial charge in [0, 0.05) is 24.4 Å². The molecule has 0 atom stereocenters. The van der Waals surface area contributed by atoms with E-state index in [-0.39, 0.29) is 52.2 Å². The predicted molar refractivity (Wildman–Crippen MR) is 57.3 cm³/mol.